The van der Waals surface area contributed by atoms with Crippen molar-refractivity contribution in [1.29, 1.82) is 0 Å². The molecular weight excluding hydrogens is 168 g/mol. The van der Waals surface area contributed by atoms with Crippen LogP contribution in [0.3, 0.4) is 0 Å². The quantitative estimate of drug-likeness (QED) is 0.479. The second kappa shape index (κ2) is 7.31. The van der Waals surface area contributed by atoms with Gasteiger partial charge in [-0.1, -0.05) is 73.1 Å². The second-order valence-electron chi connectivity index (χ2n) is 6.05. The average molecular weight is 198 g/mol. The maximum absolute atomic E-state index is 2.40. The van der Waals surface area contributed by atoms with Crippen molar-refractivity contribution >= 4 is 0 Å². The fourth-order valence-electron chi connectivity index (χ4n) is 1.96. The van der Waals surface area contributed by atoms with Crippen molar-refractivity contribution in [3.8, 4) is 0 Å². The molecule has 0 fully saturated rings. The first-order chi connectivity index (χ1) is 6.45. The van der Waals surface area contributed by atoms with Crippen molar-refractivity contribution in [3.05, 3.63) is 0 Å². The molecule has 1 unspecified atom stereocenters. The molecule has 0 aliphatic rings. The van der Waals surface area contributed by atoms with Gasteiger partial charge < -0.3 is 0 Å². The molecule has 0 rings (SSSR count). The number of rotatable bonds is 7. The van der Waals surface area contributed by atoms with Crippen LogP contribution >= 0.6 is 0 Å². The Bertz CT molecular complexity index is 118. The zero-order chi connectivity index (χ0) is 11.0. The molecule has 86 valence electrons. The summed E-state index contributed by atoms with van der Waals surface area (Å²) in [5, 5.41) is 0. The van der Waals surface area contributed by atoms with E-state index in [0.717, 1.165) is 5.92 Å². The highest BCUT2D eigenvalue weighted by molar-refractivity contribution is 4.61. The summed E-state index contributed by atoms with van der Waals surface area (Å²) in [6, 6.07) is 0. The molecule has 14 heavy (non-hydrogen) atoms. The van der Waals surface area contributed by atoms with E-state index < -0.39 is 0 Å². The van der Waals surface area contributed by atoms with Crippen LogP contribution in [0.5, 0.6) is 0 Å². The van der Waals surface area contributed by atoms with Crippen molar-refractivity contribution < 1.29 is 0 Å². The third-order valence-corrected chi connectivity index (χ3v) is 2.91. The largest absolute Gasteiger partial charge is 0.0654 e. The molecule has 0 nitrogen and oxygen atoms in total. The lowest BCUT2D eigenvalue weighted by Gasteiger charge is -2.17. The van der Waals surface area contributed by atoms with Gasteiger partial charge in [-0.2, -0.15) is 0 Å². The maximum Gasteiger partial charge on any atom is -0.0383 e. The van der Waals surface area contributed by atoms with E-state index in [1.54, 1.807) is 0 Å². The highest BCUT2D eigenvalue weighted by atomic mass is 14.1. The Hall–Kier alpha value is 0. The van der Waals surface area contributed by atoms with Gasteiger partial charge in [0, 0.05) is 0 Å². The third-order valence-electron chi connectivity index (χ3n) is 2.91. The summed E-state index contributed by atoms with van der Waals surface area (Å²) in [5.74, 6) is 0.953. The van der Waals surface area contributed by atoms with Gasteiger partial charge in [0.15, 0.2) is 0 Å². The van der Waals surface area contributed by atoms with Crippen LogP contribution in [0.15, 0.2) is 0 Å². The molecular formula is C14H30. The van der Waals surface area contributed by atoms with E-state index in [1.165, 1.54) is 44.9 Å². The molecule has 0 heterocycles. The average Bonchev–Trinajstić information content (AvgIpc) is 2.02. The van der Waals surface area contributed by atoms with Gasteiger partial charge >= 0.3 is 0 Å². The summed E-state index contributed by atoms with van der Waals surface area (Å²) < 4.78 is 0. The van der Waals surface area contributed by atoms with E-state index in [2.05, 4.69) is 34.6 Å². The highest BCUT2D eigenvalue weighted by Gasteiger charge is 2.09. The number of hydrogen-bond acceptors (Lipinski definition) is 0. The van der Waals surface area contributed by atoms with Gasteiger partial charge in [-0.3, -0.25) is 0 Å². The van der Waals surface area contributed by atoms with Crippen LogP contribution in [0.1, 0.15) is 79.6 Å². The van der Waals surface area contributed by atoms with E-state index >= 15 is 0 Å². The summed E-state index contributed by atoms with van der Waals surface area (Å²) in [4.78, 5) is 0. The fraction of sp³-hybridized carbons (Fsp3) is 1.00. The van der Waals surface area contributed by atoms with Gasteiger partial charge in [-0.05, 0) is 17.8 Å². The predicted molar refractivity (Wildman–Crippen MR) is 66.6 cm³/mol. The van der Waals surface area contributed by atoms with E-state index in [-0.39, 0.29) is 0 Å². The van der Waals surface area contributed by atoms with Crippen molar-refractivity contribution in [2.75, 3.05) is 0 Å². The van der Waals surface area contributed by atoms with Crippen LogP contribution in [-0.4, -0.2) is 0 Å². The zero-order valence-electron chi connectivity index (χ0n) is 11.0. The molecule has 0 radical (unpaired) electrons. The van der Waals surface area contributed by atoms with Crippen molar-refractivity contribution in [2.24, 2.45) is 11.3 Å². The third kappa shape index (κ3) is 10.1. The van der Waals surface area contributed by atoms with Crippen LogP contribution < -0.4 is 0 Å². The van der Waals surface area contributed by atoms with Crippen molar-refractivity contribution in [2.45, 2.75) is 79.6 Å². The van der Waals surface area contributed by atoms with Gasteiger partial charge in [0.05, 0.1) is 0 Å². The molecule has 1 atom stereocenters. The summed E-state index contributed by atoms with van der Waals surface area (Å²) in [6.45, 7) is 11.7. The lowest BCUT2D eigenvalue weighted by atomic mass is 9.89. The Kier molecular flexibility index (Phi) is 7.31. The molecule has 0 N–H and O–H groups in total. The fourth-order valence-corrected chi connectivity index (χ4v) is 1.96. The minimum Gasteiger partial charge on any atom is -0.0654 e. The van der Waals surface area contributed by atoms with Crippen LogP contribution in [0.25, 0.3) is 0 Å². The van der Waals surface area contributed by atoms with E-state index in [0.29, 0.717) is 5.41 Å². The first-order valence-electron chi connectivity index (χ1n) is 6.45. The smallest absolute Gasteiger partial charge is 0.0383 e. The van der Waals surface area contributed by atoms with Crippen LogP contribution in [0.2, 0.25) is 0 Å². The minimum atomic E-state index is 0.537. The number of hydrogen-bond donors (Lipinski definition) is 0. The van der Waals surface area contributed by atoms with Crippen molar-refractivity contribution in [3.63, 3.8) is 0 Å². The van der Waals surface area contributed by atoms with Gasteiger partial charge in [0.1, 0.15) is 0 Å². The summed E-state index contributed by atoms with van der Waals surface area (Å²) in [7, 11) is 0. The highest BCUT2D eigenvalue weighted by Crippen LogP contribution is 2.23. The number of unbranched alkanes of at least 4 members (excludes halogenated alkanes) is 2. The molecule has 0 heteroatoms. The van der Waals surface area contributed by atoms with E-state index in [4.69, 9.17) is 0 Å². The molecule has 0 aliphatic heterocycles. The molecule has 0 aromatic carbocycles. The minimum absolute atomic E-state index is 0.537. The molecule has 0 saturated heterocycles. The SMILES string of the molecule is CCCC(C)CCCCCC(C)(C)C. The monoisotopic (exact) mass is 198 g/mol. The zero-order valence-corrected chi connectivity index (χ0v) is 11.0. The van der Waals surface area contributed by atoms with Gasteiger partial charge in [0.2, 0.25) is 0 Å². The molecule has 0 bridgehead atoms. The molecule has 0 amide bonds. The van der Waals surface area contributed by atoms with Crippen LogP contribution in [0, 0.1) is 11.3 Å². The lowest BCUT2D eigenvalue weighted by Crippen LogP contribution is -2.04. The maximum atomic E-state index is 2.40. The molecule has 0 saturated carbocycles. The molecule has 0 aromatic rings. The molecule has 0 spiro atoms. The van der Waals surface area contributed by atoms with Gasteiger partial charge in [-0.25, -0.2) is 0 Å². The molecule has 0 aliphatic carbocycles. The first-order valence-corrected chi connectivity index (χ1v) is 6.45. The Balaban J connectivity index is 3.21. The Morgan fingerprint density at radius 1 is 0.929 bits per heavy atom. The summed E-state index contributed by atoms with van der Waals surface area (Å²) in [6.07, 6.45) is 9.89. The van der Waals surface area contributed by atoms with E-state index in [9.17, 15) is 0 Å². The standard InChI is InChI=1S/C14H30/c1-6-10-13(2)11-8-7-9-12-14(3,4)5/h13H,6-12H2,1-5H3. The predicted octanol–water partition coefficient (Wildman–Crippen LogP) is 5.42. The van der Waals surface area contributed by atoms with Gasteiger partial charge in [-0.15, -0.1) is 0 Å². The summed E-state index contributed by atoms with van der Waals surface area (Å²) in [5.41, 5.74) is 0.537. The second-order valence-corrected chi connectivity index (χ2v) is 6.05. The van der Waals surface area contributed by atoms with Crippen LogP contribution in [0.4, 0.5) is 0 Å². The summed E-state index contributed by atoms with van der Waals surface area (Å²) >= 11 is 0. The lowest BCUT2D eigenvalue weighted by molar-refractivity contribution is 0.351. The van der Waals surface area contributed by atoms with Crippen molar-refractivity contribution in [1.82, 2.24) is 0 Å². The topological polar surface area (TPSA) is 0 Å². The Labute approximate surface area is 91.5 Å². The Morgan fingerprint density at radius 3 is 2.07 bits per heavy atom. The van der Waals surface area contributed by atoms with Crippen LogP contribution in [-0.2, 0) is 0 Å². The van der Waals surface area contributed by atoms with Gasteiger partial charge in [0.25, 0.3) is 0 Å². The molecule has 0 aromatic heterocycles. The normalized spacial score (nSPS) is 14.4. The Morgan fingerprint density at radius 2 is 1.57 bits per heavy atom. The first kappa shape index (κ1) is 14.0. The van der Waals surface area contributed by atoms with E-state index in [1.807, 2.05) is 0 Å².